The molecule has 4 heterocycles. The highest BCUT2D eigenvalue weighted by molar-refractivity contribution is 7.71. The number of nitrogens with zero attached hydrogens (tertiary/aromatic N) is 3. The highest BCUT2D eigenvalue weighted by atomic mass is 32.1. The topological polar surface area (TPSA) is 75.6 Å². The van der Waals surface area contributed by atoms with Crippen molar-refractivity contribution in [1.29, 1.82) is 0 Å². The molecule has 0 fully saturated rings. The fraction of sp³-hybridized carbons (Fsp3) is 0.176. The van der Waals surface area contributed by atoms with Crippen LogP contribution in [0.25, 0.3) is 21.3 Å². The Balaban J connectivity index is 1.41. The van der Waals surface area contributed by atoms with E-state index < -0.39 is 0 Å². The summed E-state index contributed by atoms with van der Waals surface area (Å²) in [5.41, 5.74) is 0.991. The summed E-state index contributed by atoms with van der Waals surface area (Å²) in [6.45, 7) is 2.60. The Kier molecular flexibility index (Phi) is 5.30. The van der Waals surface area contributed by atoms with Gasteiger partial charge in [0.15, 0.2) is 10.6 Å². The van der Waals surface area contributed by atoms with Crippen molar-refractivity contribution in [3.8, 4) is 21.3 Å². The first-order valence-corrected chi connectivity index (χ1v) is 11.1. The third-order valence-electron chi connectivity index (χ3n) is 3.79. The van der Waals surface area contributed by atoms with Crippen LogP contribution in [-0.2, 0) is 17.9 Å². The minimum atomic E-state index is -0.107. The van der Waals surface area contributed by atoms with E-state index >= 15 is 0 Å². The summed E-state index contributed by atoms with van der Waals surface area (Å²) in [6, 6.07) is 7.97. The van der Waals surface area contributed by atoms with Crippen LogP contribution in [0.5, 0.6) is 0 Å². The van der Waals surface area contributed by atoms with Crippen molar-refractivity contribution < 1.29 is 4.79 Å². The van der Waals surface area contributed by atoms with Crippen LogP contribution in [-0.4, -0.2) is 25.7 Å². The lowest BCUT2D eigenvalue weighted by atomic mass is 10.3. The van der Waals surface area contributed by atoms with Gasteiger partial charge in [0.2, 0.25) is 5.91 Å². The summed E-state index contributed by atoms with van der Waals surface area (Å²) >= 11 is 10.1. The van der Waals surface area contributed by atoms with Crippen molar-refractivity contribution in [2.24, 2.45) is 0 Å². The van der Waals surface area contributed by atoms with Crippen LogP contribution in [0.2, 0.25) is 0 Å². The van der Waals surface area contributed by atoms with E-state index in [0.717, 1.165) is 25.3 Å². The van der Waals surface area contributed by atoms with E-state index in [9.17, 15) is 4.79 Å². The first-order valence-electron chi connectivity index (χ1n) is 8.07. The maximum atomic E-state index is 12.4. The number of aromatic nitrogens is 4. The molecule has 2 N–H and O–H groups in total. The summed E-state index contributed by atoms with van der Waals surface area (Å²) < 4.78 is 2.15. The van der Waals surface area contributed by atoms with Crippen molar-refractivity contribution in [2.75, 3.05) is 0 Å². The van der Waals surface area contributed by atoms with Gasteiger partial charge in [0.1, 0.15) is 6.54 Å². The van der Waals surface area contributed by atoms with Gasteiger partial charge in [-0.25, -0.2) is 4.98 Å². The van der Waals surface area contributed by atoms with E-state index in [4.69, 9.17) is 12.2 Å². The van der Waals surface area contributed by atoms with Gasteiger partial charge in [-0.2, -0.15) is 5.10 Å². The summed E-state index contributed by atoms with van der Waals surface area (Å²) in [6.07, 6.45) is 0. The molecule has 0 aliphatic rings. The number of hydrogen-bond acceptors (Lipinski definition) is 7. The van der Waals surface area contributed by atoms with Gasteiger partial charge in [-0.05, 0) is 42.7 Å². The Morgan fingerprint density at radius 3 is 2.93 bits per heavy atom. The number of amides is 1. The van der Waals surface area contributed by atoms with Crippen molar-refractivity contribution in [1.82, 2.24) is 25.1 Å². The minimum Gasteiger partial charge on any atom is -0.350 e. The second kappa shape index (κ2) is 7.85. The number of aromatic amines is 1. The number of H-pyrrole nitrogens is 1. The van der Waals surface area contributed by atoms with Gasteiger partial charge in [0.05, 0.1) is 27.0 Å². The molecule has 4 aromatic heterocycles. The third-order valence-corrected chi connectivity index (χ3v) is 6.85. The van der Waals surface area contributed by atoms with Gasteiger partial charge in [-0.15, -0.1) is 34.0 Å². The smallest absolute Gasteiger partial charge is 0.240 e. The van der Waals surface area contributed by atoms with Crippen LogP contribution in [0.1, 0.15) is 9.88 Å². The average molecular weight is 434 g/mol. The Morgan fingerprint density at radius 1 is 1.30 bits per heavy atom. The molecule has 138 valence electrons. The molecule has 0 bridgehead atoms. The van der Waals surface area contributed by atoms with Crippen LogP contribution in [0.3, 0.4) is 0 Å². The largest absolute Gasteiger partial charge is 0.350 e. The molecular formula is C17H15N5OS4. The number of rotatable bonds is 6. The summed E-state index contributed by atoms with van der Waals surface area (Å²) in [5, 5.41) is 15.0. The number of thiazole rings is 1. The van der Waals surface area contributed by atoms with Crippen LogP contribution in [0.4, 0.5) is 0 Å². The average Bonchev–Trinajstić information content (AvgIpc) is 3.41. The molecule has 4 rings (SSSR count). The second-order valence-corrected chi connectivity index (χ2v) is 9.28. The Bertz CT molecular complexity index is 1120. The second-order valence-electron chi connectivity index (χ2n) is 5.71. The molecule has 0 aliphatic carbocycles. The van der Waals surface area contributed by atoms with Gasteiger partial charge in [0, 0.05) is 10.3 Å². The number of aryl methyl sites for hydroxylation is 1. The van der Waals surface area contributed by atoms with Crippen LogP contribution in [0, 0.1) is 11.7 Å². The van der Waals surface area contributed by atoms with Crippen LogP contribution < -0.4 is 5.32 Å². The SMILES string of the molecule is Cc1nc(-c2ccc(CNC(=O)Cn3c(-c4cccs4)n[nH]c3=S)s2)cs1. The van der Waals surface area contributed by atoms with Gasteiger partial charge in [0.25, 0.3) is 0 Å². The summed E-state index contributed by atoms with van der Waals surface area (Å²) in [7, 11) is 0. The lowest BCUT2D eigenvalue weighted by Gasteiger charge is -2.06. The molecule has 0 radical (unpaired) electrons. The van der Waals surface area contributed by atoms with E-state index in [-0.39, 0.29) is 12.5 Å². The van der Waals surface area contributed by atoms with Gasteiger partial charge in [-0.3, -0.25) is 14.5 Å². The molecule has 0 atom stereocenters. The van der Waals surface area contributed by atoms with E-state index in [1.54, 1.807) is 38.6 Å². The number of thiophene rings is 2. The molecule has 27 heavy (non-hydrogen) atoms. The zero-order valence-electron chi connectivity index (χ0n) is 14.3. The maximum Gasteiger partial charge on any atom is 0.240 e. The van der Waals surface area contributed by atoms with E-state index in [1.807, 2.05) is 36.6 Å². The zero-order valence-corrected chi connectivity index (χ0v) is 17.5. The fourth-order valence-electron chi connectivity index (χ4n) is 2.53. The standard InChI is InChI=1S/C17H15N5OS4/c1-10-19-12(9-26-10)13-5-4-11(27-13)7-18-15(23)8-22-16(20-21-17(22)24)14-3-2-6-25-14/h2-6,9H,7-8H2,1H3,(H,18,23)(H,21,24). The molecule has 0 spiro atoms. The highest BCUT2D eigenvalue weighted by Gasteiger charge is 2.13. The van der Waals surface area contributed by atoms with E-state index in [2.05, 4.69) is 25.9 Å². The Hall–Kier alpha value is -2.14. The van der Waals surface area contributed by atoms with Crippen molar-refractivity contribution >= 4 is 52.1 Å². The number of carbonyl (C=O) groups is 1. The van der Waals surface area contributed by atoms with Gasteiger partial charge < -0.3 is 5.32 Å². The monoisotopic (exact) mass is 433 g/mol. The third kappa shape index (κ3) is 4.08. The van der Waals surface area contributed by atoms with E-state index in [0.29, 0.717) is 17.1 Å². The first kappa shape index (κ1) is 18.2. The predicted octanol–water partition coefficient (Wildman–Crippen LogP) is 4.48. The first-order chi connectivity index (χ1) is 13.1. The molecule has 0 saturated heterocycles. The molecule has 0 saturated carbocycles. The number of nitrogens with one attached hydrogen (secondary N) is 2. The minimum absolute atomic E-state index is 0.107. The van der Waals surface area contributed by atoms with E-state index in [1.165, 1.54) is 0 Å². The maximum absolute atomic E-state index is 12.4. The number of hydrogen-bond donors (Lipinski definition) is 2. The quantitative estimate of drug-likeness (QED) is 0.440. The normalized spacial score (nSPS) is 11.0. The lowest BCUT2D eigenvalue weighted by molar-refractivity contribution is -0.121. The Labute approximate surface area is 172 Å². The summed E-state index contributed by atoms with van der Waals surface area (Å²) in [5.74, 6) is 0.576. The molecule has 1 amide bonds. The van der Waals surface area contributed by atoms with Crippen molar-refractivity contribution in [3.05, 3.63) is 49.7 Å². The van der Waals surface area contributed by atoms with Crippen molar-refractivity contribution in [2.45, 2.75) is 20.0 Å². The van der Waals surface area contributed by atoms with Gasteiger partial charge in [-0.1, -0.05) is 6.07 Å². The molecular weight excluding hydrogens is 418 g/mol. The predicted molar refractivity (Wildman–Crippen MR) is 113 cm³/mol. The highest BCUT2D eigenvalue weighted by Crippen LogP contribution is 2.29. The molecule has 4 aromatic rings. The zero-order chi connectivity index (χ0) is 18.8. The lowest BCUT2D eigenvalue weighted by Crippen LogP contribution is -2.27. The molecule has 0 aromatic carbocycles. The van der Waals surface area contributed by atoms with Crippen molar-refractivity contribution in [3.63, 3.8) is 0 Å². The fourth-order valence-corrected chi connectivity index (χ4v) is 5.05. The molecule has 0 aliphatic heterocycles. The summed E-state index contributed by atoms with van der Waals surface area (Å²) in [4.78, 5) is 20.1. The van der Waals surface area contributed by atoms with Gasteiger partial charge >= 0.3 is 0 Å². The van der Waals surface area contributed by atoms with Crippen LogP contribution in [0.15, 0.2) is 35.0 Å². The Morgan fingerprint density at radius 2 is 2.19 bits per heavy atom. The number of carbonyl (C=O) groups excluding carboxylic acids is 1. The molecule has 6 nitrogen and oxygen atoms in total. The molecule has 10 heteroatoms. The molecule has 0 unspecified atom stereocenters. The van der Waals surface area contributed by atoms with Crippen LogP contribution >= 0.6 is 46.2 Å².